The molecule has 9 aromatic rings. The zero-order valence-corrected chi connectivity index (χ0v) is 35.5. The second kappa shape index (κ2) is 16.3. The second-order valence-corrected chi connectivity index (χ2v) is 17.2. The highest BCUT2D eigenvalue weighted by Crippen LogP contribution is 2.46. The summed E-state index contributed by atoms with van der Waals surface area (Å²) in [5.41, 5.74) is -3.17. The molecular formula is C60H57N3O. The largest absolute Gasteiger partial charge is 0.507 e. The molecule has 0 amide bonds. The number of rotatable bonds is 7. The molecular weight excluding hydrogens is 779 g/mol. The van der Waals surface area contributed by atoms with Crippen LogP contribution in [0.1, 0.15) is 103 Å². The number of pyridine rings is 1. The van der Waals surface area contributed by atoms with E-state index in [1.165, 1.54) is 4.57 Å². The normalized spacial score (nSPS) is 17.5. The van der Waals surface area contributed by atoms with Crippen molar-refractivity contribution in [3.05, 3.63) is 193 Å². The summed E-state index contributed by atoms with van der Waals surface area (Å²) in [5, 5.41) is 13.0. The summed E-state index contributed by atoms with van der Waals surface area (Å²) in [7, 11) is 0. The van der Waals surface area contributed by atoms with Gasteiger partial charge in [-0.15, -0.1) is 0 Å². The van der Waals surface area contributed by atoms with Crippen molar-refractivity contribution >= 4 is 11.0 Å². The van der Waals surface area contributed by atoms with Gasteiger partial charge in [0.2, 0.25) is 0 Å². The molecule has 0 radical (unpaired) electrons. The minimum atomic E-state index is -4.13. The lowest BCUT2D eigenvalue weighted by atomic mass is 9.78. The number of hydrogen-bond acceptors (Lipinski definition) is 3. The Hall–Kier alpha value is -7.04. The fourth-order valence-electron chi connectivity index (χ4n) is 8.37. The number of imidazole rings is 1. The van der Waals surface area contributed by atoms with Crippen LogP contribution in [0.25, 0.3) is 83.9 Å². The Morgan fingerprint density at radius 1 is 0.469 bits per heavy atom. The maximum Gasteiger partial charge on any atom is 0.149 e. The van der Waals surface area contributed by atoms with Crippen LogP contribution in [0.3, 0.4) is 0 Å². The molecule has 4 heteroatoms. The quantitative estimate of drug-likeness (QED) is 0.174. The van der Waals surface area contributed by atoms with Crippen molar-refractivity contribution in [2.75, 3.05) is 0 Å². The minimum Gasteiger partial charge on any atom is -0.507 e. The van der Waals surface area contributed by atoms with Crippen LogP contribution < -0.4 is 0 Å². The van der Waals surface area contributed by atoms with Crippen molar-refractivity contribution in [3.8, 4) is 78.6 Å². The highest BCUT2D eigenvalue weighted by atomic mass is 16.3. The van der Waals surface area contributed by atoms with Gasteiger partial charge in [-0.2, -0.15) is 0 Å². The van der Waals surface area contributed by atoms with E-state index in [0.29, 0.717) is 34.1 Å². The van der Waals surface area contributed by atoms with E-state index in [0.717, 1.165) is 45.0 Å². The highest BCUT2D eigenvalue weighted by Gasteiger charge is 2.29. The van der Waals surface area contributed by atoms with E-state index in [1.807, 2.05) is 154 Å². The number of aromatic hydroxyl groups is 1. The summed E-state index contributed by atoms with van der Waals surface area (Å²) in [4.78, 5) is 9.99. The SMILES string of the molecule is [2H]C([2H])([2H])C(c1cc(-c2nc3c(-c4cc(-c5ccccc5)cc(-c5cc(-c6ccccc6)ccn5)c4)cccc3n2-c2ccc(-c3ccccc3)c(C(C)(C)C)c2)c(O)c(C(C([2H])([2H])[2H])(C([2H])([2H])[2H])C([2H])([2H])[2H])c1)(C([2H])([2H])[2H])C([2H])([2H])[2H]. The van der Waals surface area contributed by atoms with Gasteiger partial charge in [-0.3, -0.25) is 9.55 Å². The summed E-state index contributed by atoms with van der Waals surface area (Å²) < 4.78 is 159. The third-order valence-electron chi connectivity index (χ3n) is 11.5. The van der Waals surface area contributed by atoms with Gasteiger partial charge in [-0.05, 0) is 121 Å². The van der Waals surface area contributed by atoms with Gasteiger partial charge in [-0.25, -0.2) is 4.98 Å². The van der Waals surface area contributed by atoms with Crippen LogP contribution in [0.15, 0.2) is 176 Å². The van der Waals surface area contributed by atoms with E-state index in [-0.39, 0.29) is 11.0 Å². The molecule has 1 N–H and O–H groups in total. The molecule has 4 nitrogen and oxygen atoms in total. The molecule has 0 aliphatic carbocycles. The van der Waals surface area contributed by atoms with Gasteiger partial charge < -0.3 is 5.11 Å². The van der Waals surface area contributed by atoms with E-state index in [2.05, 4.69) is 0 Å². The zero-order valence-electron chi connectivity index (χ0n) is 53.5. The van der Waals surface area contributed by atoms with Crippen molar-refractivity contribution in [2.45, 2.75) is 78.1 Å². The number of nitrogens with zero attached hydrogens (tertiary/aromatic N) is 3. The number of aromatic nitrogens is 3. The van der Waals surface area contributed by atoms with Crippen LogP contribution in [0.2, 0.25) is 0 Å². The first-order chi connectivity index (χ1) is 38.0. The van der Waals surface area contributed by atoms with Crippen LogP contribution in [-0.4, -0.2) is 19.6 Å². The van der Waals surface area contributed by atoms with Crippen LogP contribution >= 0.6 is 0 Å². The average molecular weight is 854 g/mol. The Balaban J connectivity index is 1.48. The monoisotopic (exact) mass is 854 g/mol. The molecule has 64 heavy (non-hydrogen) atoms. The molecule has 318 valence electrons. The van der Waals surface area contributed by atoms with E-state index < -0.39 is 85.6 Å². The van der Waals surface area contributed by atoms with Crippen LogP contribution in [0, 0.1) is 0 Å². The predicted octanol–water partition coefficient (Wildman–Crippen LogP) is 16.0. The lowest BCUT2D eigenvalue weighted by Crippen LogP contribution is -2.17. The van der Waals surface area contributed by atoms with Gasteiger partial charge >= 0.3 is 0 Å². The number of phenols is 1. The molecule has 0 spiro atoms. The Kier molecular flexibility index (Phi) is 6.58. The van der Waals surface area contributed by atoms with Gasteiger partial charge in [0.15, 0.2) is 0 Å². The van der Waals surface area contributed by atoms with Crippen LogP contribution in [-0.2, 0) is 16.2 Å². The Labute approximate surface area is 404 Å². The fourth-order valence-corrected chi connectivity index (χ4v) is 8.37. The average Bonchev–Trinajstić information content (AvgIpc) is 1.33. The maximum absolute atomic E-state index is 13.0. The standard InChI is InChI=1S/C60H57N3O/c1-58(2,3)46-36-50(56(64)52(37-46)60(7,8)9)57-62-55-49(26-19-27-54(55)63(57)47-28-29-48(41-24-17-12-18-25-41)51(38-47)59(4,5)6)44-32-43(40-22-15-11-16-23-40)33-45(34-44)53-35-42(30-31-61-53)39-20-13-10-14-21-39/h10-38,64H,1-9H3/i1D3,2D3,3D3,7D3,8D3,9D3. The fraction of sp³-hybridized carbons (Fsp3) is 0.200. The first-order valence-corrected chi connectivity index (χ1v) is 20.9. The van der Waals surface area contributed by atoms with Crippen molar-refractivity contribution in [1.29, 1.82) is 0 Å². The van der Waals surface area contributed by atoms with Gasteiger partial charge in [0.1, 0.15) is 11.6 Å². The number of fused-ring (bicyclic) bond motifs is 1. The van der Waals surface area contributed by atoms with Crippen LogP contribution in [0.4, 0.5) is 0 Å². The molecule has 0 saturated carbocycles. The molecule has 9 rings (SSSR count). The van der Waals surface area contributed by atoms with E-state index in [9.17, 15) is 5.11 Å². The Morgan fingerprint density at radius 2 is 1.09 bits per heavy atom. The number of phenolic OH excluding ortho intramolecular Hbond substituents is 1. The molecule has 0 bridgehead atoms. The highest BCUT2D eigenvalue weighted by molar-refractivity contribution is 5.98. The molecule has 2 aromatic heterocycles. The first kappa shape index (κ1) is 25.9. The summed E-state index contributed by atoms with van der Waals surface area (Å²) in [6, 6.07) is 50.2. The van der Waals surface area contributed by atoms with Crippen LogP contribution in [0.5, 0.6) is 5.75 Å². The van der Waals surface area contributed by atoms with E-state index in [1.54, 1.807) is 30.5 Å². The van der Waals surface area contributed by atoms with Crippen molar-refractivity contribution in [1.82, 2.24) is 14.5 Å². The Morgan fingerprint density at radius 3 is 1.75 bits per heavy atom. The Bertz CT molecular complexity index is 3760. The molecule has 0 unspecified atom stereocenters. The molecule has 0 aliphatic heterocycles. The molecule has 2 heterocycles. The maximum atomic E-state index is 13.0. The number of hydrogen-bond donors (Lipinski definition) is 1. The lowest BCUT2D eigenvalue weighted by molar-refractivity contribution is 0.446. The molecule has 0 saturated heterocycles. The molecule has 0 fully saturated rings. The van der Waals surface area contributed by atoms with Gasteiger partial charge in [0, 0.05) is 53.2 Å². The summed E-state index contributed by atoms with van der Waals surface area (Å²) in [5.74, 6) is -1.76. The zero-order chi connectivity index (χ0) is 60.0. The predicted molar refractivity (Wildman–Crippen MR) is 269 cm³/mol. The minimum absolute atomic E-state index is 0.179. The lowest BCUT2D eigenvalue weighted by Gasteiger charge is -2.28. The van der Waals surface area contributed by atoms with Gasteiger partial charge in [0.25, 0.3) is 0 Å². The number of benzene rings is 7. The van der Waals surface area contributed by atoms with Crippen molar-refractivity contribution < 1.29 is 29.8 Å². The third kappa shape index (κ3) is 8.17. The first-order valence-electron chi connectivity index (χ1n) is 29.9. The van der Waals surface area contributed by atoms with E-state index >= 15 is 0 Å². The van der Waals surface area contributed by atoms with Gasteiger partial charge in [-0.1, -0.05) is 177 Å². The smallest absolute Gasteiger partial charge is 0.149 e. The summed E-state index contributed by atoms with van der Waals surface area (Å²) in [6.45, 7) is -18.5. The second-order valence-electron chi connectivity index (χ2n) is 17.2. The molecule has 0 atom stereocenters. The van der Waals surface area contributed by atoms with Gasteiger partial charge in [0.05, 0.1) is 22.3 Å². The van der Waals surface area contributed by atoms with Crippen molar-refractivity contribution in [2.24, 2.45) is 0 Å². The number of para-hydroxylation sites is 1. The molecule has 7 aromatic carbocycles. The summed E-state index contributed by atoms with van der Waals surface area (Å²) in [6.07, 6.45) is 1.71. The molecule has 0 aliphatic rings. The third-order valence-corrected chi connectivity index (χ3v) is 11.5. The summed E-state index contributed by atoms with van der Waals surface area (Å²) >= 11 is 0. The van der Waals surface area contributed by atoms with Crippen molar-refractivity contribution in [3.63, 3.8) is 0 Å². The van der Waals surface area contributed by atoms with E-state index in [4.69, 9.17) is 34.6 Å². The topological polar surface area (TPSA) is 50.9 Å².